The van der Waals surface area contributed by atoms with Crippen LogP contribution in [-0.2, 0) is 17.8 Å². The lowest BCUT2D eigenvalue weighted by atomic mass is 10.1. The Labute approximate surface area is 127 Å². The summed E-state index contributed by atoms with van der Waals surface area (Å²) in [6.07, 6.45) is 5.39. The van der Waals surface area contributed by atoms with E-state index in [4.69, 9.17) is 16.3 Å². The molecule has 0 aliphatic carbocycles. The highest BCUT2D eigenvalue weighted by Crippen LogP contribution is 2.31. The first kappa shape index (κ1) is 13.9. The number of amides is 1. The zero-order chi connectivity index (χ0) is 14.8. The molecule has 1 amide bonds. The Bertz CT molecular complexity index is 642. The van der Waals surface area contributed by atoms with E-state index in [1.54, 1.807) is 24.7 Å². The highest BCUT2D eigenvalue weighted by molar-refractivity contribution is 6.30. The van der Waals surface area contributed by atoms with Gasteiger partial charge in [0.25, 0.3) is 5.91 Å². The molecule has 2 atom stereocenters. The molecule has 0 unspecified atom stereocenters. The second-order valence-corrected chi connectivity index (χ2v) is 5.67. The lowest BCUT2D eigenvalue weighted by molar-refractivity contribution is -0.127. The van der Waals surface area contributed by atoms with Crippen LogP contribution in [0.25, 0.3) is 0 Å². The number of benzene rings is 1. The van der Waals surface area contributed by atoms with Crippen LogP contribution in [0.2, 0.25) is 5.02 Å². The molecule has 1 aromatic heterocycles. The molecule has 0 fully saturated rings. The molecule has 0 saturated heterocycles. The summed E-state index contributed by atoms with van der Waals surface area (Å²) < 4.78 is 7.60. The average molecular weight is 306 g/mol. The van der Waals surface area contributed by atoms with Gasteiger partial charge in [-0.1, -0.05) is 11.6 Å². The predicted octanol–water partition coefficient (Wildman–Crippen LogP) is 2.04. The number of carbonyl (C=O) groups excluding carboxylic acids is 1. The van der Waals surface area contributed by atoms with Crippen molar-refractivity contribution in [3.63, 3.8) is 0 Å². The Balaban J connectivity index is 1.57. The molecule has 6 heteroatoms. The Morgan fingerprint density at radius 3 is 3.24 bits per heavy atom. The minimum absolute atomic E-state index is 0.00241. The number of imidazole rings is 1. The largest absolute Gasteiger partial charge is 0.480 e. The fourth-order valence-corrected chi connectivity index (χ4v) is 2.65. The molecule has 5 nitrogen and oxygen atoms in total. The van der Waals surface area contributed by atoms with Crippen LogP contribution in [0.5, 0.6) is 5.75 Å². The lowest BCUT2D eigenvalue weighted by Crippen LogP contribution is -2.43. The minimum atomic E-state index is -0.483. The van der Waals surface area contributed by atoms with Crippen molar-refractivity contribution in [2.75, 3.05) is 0 Å². The summed E-state index contributed by atoms with van der Waals surface area (Å²) in [4.78, 5) is 16.2. The summed E-state index contributed by atoms with van der Waals surface area (Å²) in [7, 11) is 0. The SMILES string of the molecule is C[C@H](Cn1ccnc1)NC(=O)[C@@H]1Cc2cc(Cl)ccc2O1. The van der Waals surface area contributed by atoms with Gasteiger partial charge in [-0.05, 0) is 30.7 Å². The number of halogens is 1. The number of hydrogen-bond donors (Lipinski definition) is 1. The van der Waals surface area contributed by atoms with E-state index >= 15 is 0 Å². The van der Waals surface area contributed by atoms with Crippen molar-refractivity contribution < 1.29 is 9.53 Å². The van der Waals surface area contributed by atoms with Gasteiger partial charge in [-0.15, -0.1) is 0 Å². The van der Waals surface area contributed by atoms with E-state index in [-0.39, 0.29) is 11.9 Å². The Morgan fingerprint density at radius 1 is 1.62 bits per heavy atom. The lowest BCUT2D eigenvalue weighted by Gasteiger charge is -2.17. The smallest absolute Gasteiger partial charge is 0.261 e. The summed E-state index contributed by atoms with van der Waals surface area (Å²) >= 11 is 5.95. The zero-order valence-corrected chi connectivity index (χ0v) is 12.4. The van der Waals surface area contributed by atoms with Crippen LogP contribution < -0.4 is 10.1 Å². The first-order valence-corrected chi connectivity index (χ1v) is 7.21. The summed E-state index contributed by atoms with van der Waals surface area (Å²) in [6, 6.07) is 5.42. The molecule has 21 heavy (non-hydrogen) atoms. The maximum absolute atomic E-state index is 12.2. The second-order valence-electron chi connectivity index (χ2n) is 5.23. The highest BCUT2D eigenvalue weighted by atomic mass is 35.5. The topological polar surface area (TPSA) is 56.2 Å². The summed E-state index contributed by atoms with van der Waals surface area (Å²) in [6.45, 7) is 2.63. The zero-order valence-electron chi connectivity index (χ0n) is 11.6. The Kier molecular flexibility index (Phi) is 3.84. The van der Waals surface area contributed by atoms with Crippen LogP contribution >= 0.6 is 11.6 Å². The van der Waals surface area contributed by atoms with Crippen LogP contribution in [0.15, 0.2) is 36.9 Å². The molecule has 2 heterocycles. The molecule has 1 aliphatic heterocycles. The molecule has 1 aromatic carbocycles. The molecule has 1 N–H and O–H groups in total. The average Bonchev–Trinajstić information content (AvgIpc) is 3.06. The van der Waals surface area contributed by atoms with Gasteiger partial charge in [0.2, 0.25) is 0 Å². The predicted molar refractivity (Wildman–Crippen MR) is 79.4 cm³/mol. The number of rotatable bonds is 4. The number of ether oxygens (including phenoxy) is 1. The van der Waals surface area contributed by atoms with Crippen LogP contribution in [0.3, 0.4) is 0 Å². The standard InChI is InChI=1S/C15H16ClN3O2/c1-10(8-19-5-4-17-9-19)18-15(20)14-7-11-6-12(16)2-3-13(11)21-14/h2-6,9-10,14H,7-8H2,1H3,(H,18,20)/t10-,14+/m1/s1. The van der Waals surface area contributed by atoms with Crippen molar-refractivity contribution in [2.45, 2.75) is 32.0 Å². The summed E-state index contributed by atoms with van der Waals surface area (Å²) in [5, 5.41) is 3.62. The Hall–Kier alpha value is -2.01. The second kappa shape index (κ2) is 5.77. The van der Waals surface area contributed by atoms with Crippen molar-refractivity contribution in [3.05, 3.63) is 47.5 Å². The van der Waals surface area contributed by atoms with Crippen LogP contribution in [0.1, 0.15) is 12.5 Å². The molecular formula is C15H16ClN3O2. The van der Waals surface area contributed by atoms with Gasteiger partial charge < -0.3 is 14.6 Å². The van der Waals surface area contributed by atoms with Crippen molar-refractivity contribution in [1.29, 1.82) is 0 Å². The van der Waals surface area contributed by atoms with Crippen LogP contribution in [-0.4, -0.2) is 27.6 Å². The van der Waals surface area contributed by atoms with E-state index in [1.165, 1.54) is 0 Å². The quantitative estimate of drug-likeness (QED) is 0.940. The van der Waals surface area contributed by atoms with Gasteiger partial charge in [-0.3, -0.25) is 4.79 Å². The first-order valence-electron chi connectivity index (χ1n) is 6.83. The molecule has 0 saturated carbocycles. The van der Waals surface area contributed by atoms with Crippen molar-refractivity contribution >= 4 is 17.5 Å². The molecule has 0 spiro atoms. The molecule has 0 bridgehead atoms. The van der Waals surface area contributed by atoms with Gasteiger partial charge in [0, 0.05) is 36.4 Å². The number of nitrogens with one attached hydrogen (secondary N) is 1. The molecule has 2 aromatic rings. The van der Waals surface area contributed by atoms with E-state index in [9.17, 15) is 4.79 Å². The van der Waals surface area contributed by atoms with Crippen LogP contribution in [0, 0.1) is 0 Å². The van der Waals surface area contributed by atoms with E-state index in [0.717, 1.165) is 11.3 Å². The molecular weight excluding hydrogens is 290 g/mol. The van der Waals surface area contributed by atoms with E-state index in [1.807, 2.05) is 23.8 Å². The van der Waals surface area contributed by atoms with Crippen molar-refractivity contribution in [3.8, 4) is 5.75 Å². The van der Waals surface area contributed by atoms with Gasteiger partial charge in [-0.2, -0.15) is 0 Å². The normalized spacial score (nSPS) is 17.9. The third kappa shape index (κ3) is 3.19. The van der Waals surface area contributed by atoms with Gasteiger partial charge in [0.1, 0.15) is 5.75 Å². The highest BCUT2D eigenvalue weighted by Gasteiger charge is 2.29. The summed E-state index contributed by atoms with van der Waals surface area (Å²) in [5.41, 5.74) is 0.977. The Morgan fingerprint density at radius 2 is 2.48 bits per heavy atom. The van der Waals surface area contributed by atoms with Gasteiger partial charge >= 0.3 is 0 Å². The summed E-state index contributed by atoms with van der Waals surface area (Å²) in [5.74, 6) is 0.636. The van der Waals surface area contributed by atoms with Gasteiger partial charge in [-0.25, -0.2) is 4.98 Å². The van der Waals surface area contributed by atoms with Gasteiger partial charge in [0.15, 0.2) is 6.10 Å². The molecule has 110 valence electrons. The number of fused-ring (bicyclic) bond motifs is 1. The number of hydrogen-bond acceptors (Lipinski definition) is 3. The van der Waals surface area contributed by atoms with E-state index in [0.29, 0.717) is 18.0 Å². The van der Waals surface area contributed by atoms with Crippen molar-refractivity contribution in [2.24, 2.45) is 0 Å². The fraction of sp³-hybridized carbons (Fsp3) is 0.333. The van der Waals surface area contributed by atoms with Crippen LogP contribution in [0.4, 0.5) is 0 Å². The number of carbonyl (C=O) groups is 1. The van der Waals surface area contributed by atoms with E-state index in [2.05, 4.69) is 10.3 Å². The fourth-order valence-electron chi connectivity index (χ4n) is 2.46. The maximum atomic E-state index is 12.2. The number of aromatic nitrogens is 2. The molecule has 0 radical (unpaired) electrons. The van der Waals surface area contributed by atoms with Crippen molar-refractivity contribution in [1.82, 2.24) is 14.9 Å². The first-order chi connectivity index (χ1) is 10.1. The third-order valence-electron chi connectivity index (χ3n) is 3.42. The molecule has 3 rings (SSSR count). The van der Waals surface area contributed by atoms with E-state index < -0.39 is 6.10 Å². The maximum Gasteiger partial charge on any atom is 0.261 e. The molecule has 1 aliphatic rings. The third-order valence-corrected chi connectivity index (χ3v) is 3.66. The minimum Gasteiger partial charge on any atom is -0.480 e. The monoisotopic (exact) mass is 305 g/mol. The van der Waals surface area contributed by atoms with Gasteiger partial charge in [0.05, 0.1) is 6.33 Å². The number of nitrogens with zero attached hydrogens (tertiary/aromatic N) is 2.